The van der Waals surface area contributed by atoms with Crippen molar-refractivity contribution in [3.8, 4) is 0 Å². The molecular weight excluding hydrogens is 300 g/mol. The van der Waals surface area contributed by atoms with Crippen molar-refractivity contribution in [2.45, 2.75) is 24.0 Å². The third kappa shape index (κ3) is 3.18. The molecule has 0 spiro atoms. The summed E-state index contributed by atoms with van der Waals surface area (Å²) in [7, 11) is 0. The first-order chi connectivity index (χ1) is 10.3. The molecule has 0 unspecified atom stereocenters. The Balaban J connectivity index is 1.88. The van der Waals surface area contributed by atoms with Crippen molar-refractivity contribution in [3.05, 3.63) is 47.1 Å². The van der Waals surface area contributed by atoms with Gasteiger partial charge < -0.3 is 5.43 Å². The molecule has 4 nitrogen and oxygen atoms in total. The lowest BCUT2D eigenvalue weighted by Gasteiger charge is -2.05. The first-order valence-electron chi connectivity index (χ1n) is 6.74. The van der Waals surface area contributed by atoms with Crippen molar-refractivity contribution in [1.82, 2.24) is 9.97 Å². The van der Waals surface area contributed by atoms with Gasteiger partial charge in [-0.3, -0.25) is 0 Å². The van der Waals surface area contributed by atoms with Crippen LogP contribution in [0.25, 0.3) is 10.2 Å². The minimum atomic E-state index is 0.708. The number of aryl methyl sites for hydroxylation is 1. The van der Waals surface area contributed by atoms with Gasteiger partial charge >= 0.3 is 0 Å². The van der Waals surface area contributed by atoms with E-state index in [9.17, 15) is 0 Å². The normalized spacial score (nSPS) is 11.0. The second kappa shape index (κ2) is 6.43. The highest BCUT2D eigenvalue weighted by molar-refractivity contribution is 7.98. The lowest BCUT2D eigenvalue weighted by molar-refractivity contribution is 1.06. The van der Waals surface area contributed by atoms with Gasteiger partial charge in [-0.05, 0) is 24.6 Å². The maximum atomic E-state index is 5.60. The Bertz CT molecular complexity index is 740. The summed E-state index contributed by atoms with van der Waals surface area (Å²) in [6, 6.07) is 12.4. The highest BCUT2D eigenvalue weighted by atomic mass is 32.2. The standard InChI is InChI=1S/C15H16N4S2/c1-2-10-8-12-14(19-16)17-13(18-15(12)21-10)9-20-11-6-4-3-5-7-11/h3-8H,2,9,16H2,1H3,(H,17,18,19). The van der Waals surface area contributed by atoms with E-state index in [0.29, 0.717) is 5.82 Å². The van der Waals surface area contributed by atoms with E-state index in [-0.39, 0.29) is 0 Å². The Labute approximate surface area is 131 Å². The average molecular weight is 316 g/mol. The molecule has 108 valence electrons. The Morgan fingerprint density at radius 1 is 1.24 bits per heavy atom. The first kappa shape index (κ1) is 14.3. The van der Waals surface area contributed by atoms with Crippen LogP contribution in [0.15, 0.2) is 41.3 Å². The van der Waals surface area contributed by atoms with Gasteiger partial charge in [0.05, 0.1) is 11.1 Å². The summed E-state index contributed by atoms with van der Waals surface area (Å²) >= 11 is 3.43. The van der Waals surface area contributed by atoms with Gasteiger partial charge in [-0.1, -0.05) is 25.1 Å². The summed E-state index contributed by atoms with van der Waals surface area (Å²) in [6.07, 6.45) is 0.999. The van der Waals surface area contributed by atoms with Gasteiger partial charge in [-0.15, -0.1) is 23.1 Å². The maximum absolute atomic E-state index is 5.60. The second-order valence-electron chi connectivity index (χ2n) is 4.52. The zero-order chi connectivity index (χ0) is 14.7. The fraction of sp³-hybridized carbons (Fsp3) is 0.200. The molecule has 2 aromatic heterocycles. The number of rotatable bonds is 5. The lowest BCUT2D eigenvalue weighted by atomic mass is 10.3. The van der Waals surface area contributed by atoms with E-state index in [1.807, 2.05) is 18.2 Å². The van der Waals surface area contributed by atoms with Crippen LogP contribution in [-0.2, 0) is 12.2 Å². The fourth-order valence-corrected chi connectivity index (χ4v) is 3.79. The van der Waals surface area contributed by atoms with Crippen LogP contribution in [0.3, 0.4) is 0 Å². The number of nitrogen functional groups attached to an aromatic ring is 1. The minimum absolute atomic E-state index is 0.708. The van der Waals surface area contributed by atoms with Crippen molar-refractivity contribution >= 4 is 39.1 Å². The largest absolute Gasteiger partial charge is 0.308 e. The number of fused-ring (bicyclic) bond motifs is 1. The molecule has 1 aromatic carbocycles. The summed E-state index contributed by atoms with van der Waals surface area (Å²) in [4.78, 5) is 12.7. The van der Waals surface area contributed by atoms with E-state index in [0.717, 1.165) is 28.2 Å². The predicted octanol–water partition coefficient (Wildman–Crippen LogP) is 3.83. The van der Waals surface area contributed by atoms with Crippen LogP contribution in [0, 0.1) is 0 Å². The lowest BCUT2D eigenvalue weighted by Crippen LogP contribution is -2.10. The number of benzene rings is 1. The third-order valence-electron chi connectivity index (χ3n) is 3.09. The molecule has 3 N–H and O–H groups in total. The van der Waals surface area contributed by atoms with E-state index in [4.69, 9.17) is 5.84 Å². The van der Waals surface area contributed by atoms with E-state index >= 15 is 0 Å². The summed E-state index contributed by atoms with van der Waals surface area (Å²) in [5, 5.41) is 1.01. The van der Waals surface area contributed by atoms with Gasteiger partial charge in [0.25, 0.3) is 0 Å². The summed E-state index contributed by atoms with van der Waals surface area (Å²) in [5.41, 5.74) is 2.69. The number of hydrogen-bond acceptors (Lipinski definition) is 6. The van der Waals surface area contributed by atoms with Gasteiger partial charge in [-0.2, -0.15) is 0 Å². The molecule has 21 heavy (non-hydrogen) atoms. The molecule has 0 atom stereocenters. The van der Waals surface area contributed by atoms with Crippen LogP contribution in [0.4, 0.5) is 5.82 Å². The molecule has 0 amide bonds. The average Bonchev–Trinajstić information content (AvgIpc) is 2.96. The molecule has 0 aliphatic carbocycles. The number of hydrogen-bond donors (Lipinski definition) is 2. The molecule has 3 rings (SSSR count). The molecule has 0 aliphatic heterocycles. The van der Waals surface area contributed by atoms with Crippen LogP contribution >= 0.6 is 23.1 Å². The summed E-state index contributed by atoms with van der Waals surface area (Å²) < 4.78 is 0. The molecule has 3 aromatic rings. The van der Waals surface area contributed by atoms with Gasteiger partial charge in [-0.25, -0.2) is 15.8 Å². The maximum Gasteiger partial charge on any atom is 0.152 e. The number of aromatic nitrogens is 2. The molecule has 0 saturated heterocycles. The van der Waals surface area contributed by atoms with E-state index in [1.165, 1.54) is 9.77 Å². The second-order valence-corrected chi connectivity index (χ2v) is 6.68. The molecule has 0 bridgehead atoms. The monoisotopic (exact) mass is 316 g/mol. The minimum Gasteiger partial charge on any atom is -0.308 e. The third-order valence-corrected chi connectivity index (χ3v) is 5.27. The van der Waals surface area contributed by atoms with E-state index in [2.05, 4.69) is 40.5 Å². The van der Waals surface area contributed by atoms with Crippen molar-refractivity contribution < 1.29 is 0 Å². The van der Waals surface area contributed by atoms with Crippen LogP contribution < -0.4 is 11.3 Å². The number of anilines is 1. The molecule has 0 saturated carbocycles. The highest BCUT2D eigenvalue weighted by Crippen LogP contribution is 2.30. The first-order valence-corrected chi connectivity index (χ1v) is 8.54. The van der Waals surface area contributed by atoms with Crippen LogP contribution in [0.5, 0.6) is 0 Å². The van der Waals surface area contributed by atoms with Crippen LogP contribution in [0.2, 0.25) is 0 Å². The summed E-state index contributed by atoms with van der Waals surface area (Å²) in [5.74, 6) is 7.84. The Kier molecular flexibility index (Phi) is 4.38. The molecule has 0 fully saturated rings. The zero-order valence-corrected chi connectivity index (χ0v) is 13.3. The van der Waals surface area contributed by atoms with Crippen molar-refractivity contribution in [1.29, 1.82) is 0 Å². The number of thiophene rings is 1. The highest BCUT2D eigenvalue weighted by Gasteiger charge is 2.10. The number of nitrogens with one attached hydrogen (secondary N) is 1. The number of nitrogens with two attached hydrogens (primary N) is 1. The SMILES string of the molecule is CCc1cc2c(NN)nc(CSc3ccccc3)nc2s1. The smallest absolute Gasteiger partial charge is 0.152 e. The van der Waals surface area contributed by atoms with Crippen molar-refractivity contribution in [3.63, 3.8) is 0 Å². The Morgan fingerprint density at radius 2 is 2.05 bits per heavy atom. The van der Waals surface area contributed by atoms with Gasteiger partial charge in [0.1, 0.15) is 10.7 Å². The van der Waals surface area contributed by atoms with Crippen molar-refractivity contribution in [2.24, 2.45) is 5.84 Å². The number of hydrazine groups is 1. The molecule has 2 heterocycles. The molecule has 6 heteroatoms. The van der Waals surface area contributed by atoms with Gasteiger partial charge in [0.15, 0.2) is 5.82 Å². The van der Waals surface area contributed by atoms with E-state index < -0.39 is 0 Å². The predicted molar refractivity (Wildman–Crippen MR) is 90.6 cm³/mol. The molecular formula is C15H16N4S2. The Hall–Kier alpha value is -1.63. The van der Waals surface area contributed by atoms with Crippen LogP contribution in [-0.4, -0.2) is 9.97 Å². The van der Waals surface area contributed by atoms with Gasteiger partial charge in [0, 0.05) is 9.77 Å². The van der Waals surface area contributed by atoms with E-state index in [1.54, 1.807) is 23.1 Å². The Morgan fingerprint density at radius 3 is 2.76 bits per heavy atom. The molecule has 0 radical (unpaired) electrons. The number of thioether (sulfide) groups is 1. The zero-order valence-electron chi connectivity index (χ0n) is 11.7. The van der Waals surface area contributed by atoms with Crippen molar-refractivity contribution in [2.75, 3.05) is 5.43 Å². The van der Waals surface area contributed by atoms with Crippen LogP contribution in [0.1, 0.15) is 17.6 Å². The number of nitrogens with zero attached hydrogens (tertiary/aromatic N) is 2. The fourth-order valence-electron chi connectivity index (χ4n) is 2.03. The van der Waals surface area contributed by atoms with Gasteiger partial charge in [0.2, 0.25) is 0 Å². The topological polar surface area (TPSA) is 63.8 Å². The quantitative estimate of drug-likeness (QED) is 0.425. The summed E-state index contributed by atoms with van der Waals surface area (Å²) in [6.45, 7) is 2.14. The molecule has 0 aliphatic rings.